The van der Waals surface area contributed by atoms with E-state index in [9.17, 15) is 5.11 Å². The molecule has 1 N–H and O–H groups in total. The highest BCUT2D eigenvalue weighted by atomic mass is 32.2. The summed E-state index contributed by atoms with van der Waals surface area (Å²) in [6, 6.07) is 0. The standard InChI is InChI=1S/C16H30O3S/c1-15(2,3)14(18-4)13(17)12-5-8-19-16(11-12)6-9-20-10-7-16/h12-14,17H,5-11H2,1-4H3. The summed E-state index contributed by atoms with van der Waals surface area (Å²) in [5.41, 5.74) is -0.00657. The molecule has 0 saturated carbocycles. The van der Waals surface area contributed by atoms with Gasteiger partial charge in [-0.3, -0.25) is 0 Å². The lowest BCUT2D eigenvalue weighted by atomic mass is 9.74. The molecule has 4 heteroatoms. The van der Waals surface area contributed by atoms with Crippen molar-refractivity contribution in [3.8, 4) is 0 Å². The molecule has 2 aliphatic heterocycles. The molecule has 2 aliphatic rings. The molecule has 0 radical (unpaired) electrons. The van der Waals surface area contributed by atoms with Gasteiger partial charge in [0.25, 0.3) is 0 Å². The van der Waals surface area contributed by atoms with Gasteiger partial charge in [0.1, 0.15) is 0 Å². The van der Waals surface area contributed by atoms with Crippen LogP contribution in [0, 0.1) is 11.3 Å². The fourth-order valence-corrected chi connectivity index (χ4v) is 4.94. The second kappa shape index (κ2) is 6.55. The number of hydrogen-bond donors (Lipinski definition) is 1. The fourth-order valence-electron chi connectivity index (χ4n) is 3.70. The fraction of sp³-hybridized carbons (Fsp3) is 1.00. The molecule has 118 valence electrons. The molecule has 2 fully saturated rings. The van der Waals surface area contributed by atoms with Crippen molar-refractivity contribution < 1.29 is 14.6 Å². The zero-order chi connectivity index (χ0) is 14.8. The number of hydrogen-bond acceptors (Lipinski definition) is 4. The van der Waals surface area contributed by atoms with Gasteiger partial charge in [0.2, 0.25) is 0 Å². The van der Waals surface area contributed by atoms with Gasteiger partial charge in [-0.1, -0.05) is 20.8 Å². The Morgan fingerprint density at radius 2 is 1.95 bits per heavy atom. The van der Waals surface area contributed by atoms with Crippen molar-refractivity contribution in [1.29, 1.82) is 0 Å². The van der Waals surface area contributed by atoms with Crippen LogP contribution >= 0.6 is 11.8 Å². The van der Waals surface area contributed by atoms with Crippen LogP contribution in [0.2, 0.25) is 0 Å². The lowest BCUT2D eigenvalue weighted by Crippen LogP contribution is -2.50. The molecule has 0 aliphatic carbocycles. The molecule has 0 bridgehead atoms. The first kappa shape index (κ1) is 16.6. The third kappa shape index (κ3) is 3.70. The first-order chi connectivity index (χ1) is 9.38. The third-order valence-electron chi connectivity index (χ3n) is 4.84. The van der Waals surface area contributed by atoms with E-state index in [1.165, 1.54) is 11.5 Å². The summed E-state index contributed by atoms with van der Waals surface area (Å²) in [5.74, 6) is 2.68. The van der Waals surface area contributed by atoms with Gasteiger partial charge in [-0.25, -0.2) is 0 Å². The molecule has 0 aromatic rings. The van der Waals surface area contributed by atoms with E-state index >= 15 is 0 Å². The lowest BCUT2D eigenvalue weighted by Gasteiger charge is -2.46. The quantitative estimate of drug-likeness (QED) is 0.869. The molecular weight excluding hydrogens is 272 g/mol. The zero-order valence-electron chi connectivity index (χ0n) is 13.4. The van der Waals surface area contributed by atoms with Crippen LogP contribution in [0.25, 0.3) is 0 Å². The number of thioether (sulfide) groups is 1. The van der Waals surface area contributed by atoms with Crippen LogP contribution in [0.4, 0.5) is 0 Å². The summed E-state index contributed by atoms with van der Waals surface area (Å²) >= 11 is 2.02. The molecule has 2 saturated heterocycles. The van der Waals surface area contributed by atoms with Gasteiger partial charge in [0, 0.05) is 13.7 Å². The van der Waals surface area contributed by atoms with Crippen molar-refractivity contribution in [2.45, 2.75) is 64.3 Å². The molecule has 3 nitrogen and oxygen atoms in total. The second-order valence-corrected chi connectivity index (χ2v) is 8.63. The normalized spacial score (nSPS) is 30.1. The summed E-state index contributed by atoms with van der Waals surface area (Å²) in [6.07, 6.45) is 3.70. The van der Waals surface area contributed by atoms with Crippen LogP contribution in [-0.2, 0) is 9.47 Å². The van der Waals surface area contributed by atoms with E-state index in [-0.39, 0.29) is 17.1 Å². The van der Waals surface area contributed by atoms with Crippen LogP contribution in [0.15, 0.2) is 0 Å². The first-order valence-corrected chi connectivity index (χ1v) is 8.96. The van der Waals surface area contributed by atoms with Crippen LogP contribution in [0.3, 0.4) is 0 Å². The maximum Gasteiger partial charge on any atom is 0.0880 e. The minimum absolute atomic E-state index is 0.0331. The number of aliphatic hydroxyl groups excluding tert-OH is 1. The van der Waals surface area contributed by atoms with E-state index in [1.807, 2.05) is 11.8 Å². The van der Waals surface area contributed by atoms with Gasteiger partial charge in [-0.2, -0.15) is 11.8 Å². The van der Waals surface area contributed by atoms with Crippen LogP contribution in [0.5, 0.6) is 0 Å². The Labute approximate surface area is 127 Å². The molecule has 0 aromatic heterocycles. The molecular formula is C16H30O3S. The zero-order valence-corrected chi connectivity index (χ0v) is 14.2. The van der Waals surface area contributed by atoms with Crippen molar-refractivity contribution in [3.63, 3.8) is 0 Å². The Hall–Kier alpha value is 0.230. The topological polar surface area (TPSA) is 38.7 Å². The highest BCUT2D eigenvalue weighted by molar-refractivity contribution is 7.99. The molecule has 0 aromatic carbocycles. The molecule has 1 spiro atoms. The van der Waals surface area contributed by atoms with Gasteiger partial charge in [0.15, 0.2) is 0 Å². The average Bonchev–Trinajstić information content (AvgIpc) is 2.38. The monoisotopic (exact) mass is 302 g/mol. The van der Waals surface area contributed by atoms with E-state index < -0.39 is 6.10 Å². The number of rotatable bonds is 3. The Morgan fingerprint density at radius 3 is 2.50 bits per heavy atom. The summed E-state index contributed by atoms with van der Waals surface area (Å²) in [4.78, 5) is 0. The van der Waals surface area contributed by atoms with E-state index in [0.29, 0.717) is 5.92 Å². The molecule has 3 unspecified atom stereocenters. The van der Waals surface area contributed by atoms with Crippen LogP contribution < -0.4 is 0 Å². The Kier molecular flexibility index (Phi) is 5.44. The molecule has 2 heterocycles. The Bertz CT molecular complexity index is 302. The number of methoxy groups -OCH3 is 1. The second-order valence-electron chi connectivity index (χ2n) is 7.41. The van der Waals surface area contributed by atoms with Crippen molar-refractivity contribution in [1.82, 2.24) is 0 Å². The van der Waals surface area contributed by atoms with Crippen LogP contribution in [-0.4, -0.2) is 48.1 Å². The maximum atomic E-state index is 10.8. The molecule has 3 atom stereocenters. The Morgan fingerprint density at radius 1 is 1.30 bits per heavy atom. The Balaban J connectivity index is 2.04. The molecule has 20 heavy (non-hydrogen) atoms. The summed E-state index contributed by atoms with van der Waals surface area (Å²) in [6.45, 7) is 7.19. The van der Waals surface area contributed by atoms with Gasteiger partial charge in [-0.05, 0) is 48.5 Å². The lowest BCUT2D eigenvalue weighted by molar-refractivity contribution is -0.153. The minimum Gasteiger partial charge on any atom is -0.390 e. The van der Waals surface area contributed by atoms with Crippen molar-refractivity contribution in [2.75, 3.05) is 25.2 Å². The first-order valence-electron chi connectivity index (χ1n) is 7.80. The SMILES string of the molecule is COC(C(O)C1CCOC2(CCSCC2)C1)C(C)(C)C. The van der Waals surface area contributed by atoms with E-state index in [4.69, 9.17) is 9.47 Å². The predicted octanol–water partition coefficient (Wildman–Crippen LogP) is 3.10. The van der Waals surface area contributed by atoms with Gasteiger partial charge in [0.05, 0.1) is 17.8 Å². The van der Waals surface area contributed by atoms with E-state index in [0.717, 1.165) is 32.3 Å². The summed E-state index contributed by atoms with van der Waals surface area (Å²) in [7, 11) is 1.71. The predicted molar refractivity (Wildman–Crippen MR) is 84.2 cm³/mol. The molecule has 2 rings (SSSR count). The van der Waals surface area contributed by atoms with E-state index in [1.54, 1.807) is 7.11 Å². The van der Waals surface area contributed by atoms with Crippen molar-refractivity contribution in [2.24, 2.45) is 11.3 Å². The highest BCUT2D eigenvalue weighted by Crippen LogP contribution is 2.42. The van der Waals surface area contributed by atoms with E-state index in [2.05, 4.69) is 20.8 Å². The van der Waals surface area contributed by atoms with Gasteiger partial charge in [-0.15, -0.1) is 0 Å². The van der Waals surface area contributed by atoms with Crippen LogP contribution in [0.1, 0.15) is 46.5 Å². The van der Waals surface area contributed by atoms with Gasteiger partial charge < -0.3 is 14.6 Å². The van der Waals surface area contributed by atoms with Gasteiger partial charge >= 0.3 is 0 Å². The van der Waals surface area contributed by atoms with Crippen molar-refractivity contribution >= 4 is 11.8 Å². The van der Waals surface area contributed by atoms with Crippen molar-refractivity contribution in [3.05, 3.63) is 0 Å². The summed E-state index contributed by atoms with van der Waals surface area (Å²) < 4.78 is 11.7. The average molecular weight is 302 g/mol. The third-order valence-corrected chi connectivity index (χ3v) is 5.82. The number of ether oxygens (including phenoxy) is 2. The summed E-state index contributed by atoms with van der Waals surface area (Å²) in [5, 5.41) is 10.8. The maximum absolute atomic E-state index is 10.8. The smallest absolute Gasteiger partial charge is 0.0880 e. The largest absolute Gasteiger partial charge is 0.390 e. The minimum atomic E-state index is -0.393. The molecule has 0 amide bonds. The number of aliphatic hydroxyl groups is 1. The highest BCUT2D eigenvalue weighted by Gasteiger charge is 2.44.